The number of hydrogen-bond acceptors (Lipinski definition) is 6. The summed E-state index contributed by atoms with van der Waals surface area (Å²) in [6.07, 6.45) is 2.62. The first-order chi connectivity index (χ1) is 26.9. The van der Waals surface area contributed by atoms with Gasteiger partial charge in [0.05, 0.1) is 21.7 Å². The number of fused-ring (bicyclic) bond motifs is 2. The Morgan fingerprint density at radius 3 is 1.61 bits per heavy atom. The molecule has 0 radical (unpaired) electrons. The predicted octanol–water partition coefficient (Wildman–Crippen LogP) is 9.02. The summed E-state index contributed by atoms with van der Waals surface area (Å²) in [7, 11) is 0. The number of carbonyl (C=O) groups is 2. The summed E-state index contributed by atoms with van der Waals surface area (Å²) >= 11 is 5.74. The molecular formula is C44H47ClF2N4O6. The van der Waals surface area contributed by atoms with Gasteiger partial charge in [-0.1, -0.05) is 99.0 Å². The number of carboxylic acids is 2. The van der Waals surface area contributed by atoms with E-state index in [-0.39, 0.29) is 44.4 Å². The first kappa shape index (κ1) is 43.9. The lowest BCUT2D eigenvalue weighted by Crippen LogP contribution is -2.20. The second-order valence-corrected chi connectivity index (χ2v) is 15.0. The van der Waals surface area contributed by atoms with Gasteiger partial charge >= 0.3 is 11.9 Å². The fourth-order valence-corrected chi connectivity index (χ4v) is 6.34. The van der Waals surface area contributed by atoms with E-state index < -0.39 is 34.4 Å². The van der Waals surface area contributed by atoms with E-state index in [0.29, 0.717) is 37.2 Å². The third-order valence-corrected chi connectivity index (χ3v) is 9.05. The van der Waals surface area contributed by atoms with Gasteiger partial charge in [0.2, 0.25) is 10.9 Å². The minimum atomic E-state index is -1.33. The number of nitrogens with two attached hydrogens (primary N) is 1. The van der Waals surface area contributed by atoms with Crippen LogP contribution in [0.2, 0.25) is 5.02 Å². The number of nitrogens with one attached hydrogen (secondary N) is 1. The SMILES string of the molecule is CC(C)Cn1cc(C(=O)O)c(=O)c2cc(F)c(Cl)cc21.Cc1cccc(CN)c1.Cc1cccc(CNc2cc3c(cc2F)c(=O)c(C(=O)O)cn3CC(C)C)c1. The maximum atomic E-state index is 14.7. The number of anilines is 1. The number of carboxylic acid groups (broad SMARTS) is 2. The lowest BCUT2D eigenvalue weighted by atomic mass is 10.1. The zero-order valence-electron chi connectivity index (χ0n) is 32.7. The molecule has 0 aliphatic heterocycles. The van der Waals surface area contributed by atoms with Crippen LogP contribution < -0.4 is 21.9 Å². The monoisotopic (exact) mass is 800 g/mol. The van der Waals surface area contributed by atoms with Crippen molar-refractivity contribution in [2.45, 2.75) is 67.7 Å². The number of hydrogen-bond donors (Lipinski definition) is 4. The van der Waals surface area contributed by atoms with E-state index in [1.165, 1.54) is 29.6 Å². The average molecular weight is 801 g/mol. The van der Waals surface area contributed by atoms with Gasteiger partial charge in [-0.15, -0.1) is 0 Å². The Bertz CT molecular complexity index is 2550. The van der Waals surface area contributed by atoms with Crippen molar-refractivity contribution in [2.24, 2.45) is 17.6 Å². The van der Waals surface area contributed by atoms with E-state index >= 15 is 0 Å². The van der Waals surface area contributed by atoms with Crippen molar-refractivity contribution in [2.75, 3.05) is 5.32 Å². The number of halogens is 3. The Morgan fingerprint density at radius 2 is 1.18 bits per heavy atom. The predicted molar refractivity (Wildman–Crippen MR) is 223 cm³/mol. The van der Waals surface area contributed by atoms with Crippen molar-refractivity contribution in [3.05, 3.63) is 156 Å². The van der Waals surface area contributed by atoms with Crippen LogP contribution in [0.3, 0.4) is 0 Å². The summed E-state index contributed by atoms with van der Waals surface area (Å²) in [4.78, 5) is 47.1. The molecule has 0 aliphatic rings. The van der Waals surface area contributed by atoms with Gasteiger partial charge in [0.15, 0.2) is 0 Å². The molecule has 13 heteroatoms. The second kappa shape index (κ2) is 19.3. The molecule has 300 valence electrons. The number of pyridine rings is 2. The van der Waals surface area contributed by atoms with Crippen molar-refractivity contribution in [3.63, 3.8) is 0 Å². The fraction of sp³-hybridized carbons (Fsp3) is 0.273. The van der Waals surface area contributed by atoms with Crippen LogP contribution in [0.25, 0.3) is 21.8 Å². The van der Waals surface area contributed by atoms with Gasteiger partial charge in [-0.3, -0.25) is 9.59 Å². The smallest absolute Gasteiger partial charge is 0.341 e. The Hall–Kier alpha value is -5.85. The van der Waals surface area contributed by atoms with Crippen LogP contribution in [0, 0.1) is 37.3 Å². The molecule has 0 amide bonds. The molecule has 6 aromatic rings. The lowest BCUT2D eigenvalue weighted by Gasteiger charge is -2.16. The molecule has 0 atom stereocenters. The van der Waals surface area contributed by atoms with Crippen molar-refractivity contribution in [1.29, 1.82) is 0 Å². The van der Waals surface area contributed by atoms with Crippen LogP contribution in [0.15, 0.2) is 94.8 Å². The van der Waals surface area contributed by atoms with Crippen LogP contribution in [-0.2, 0) is 26.2 Å². The third kappa shape index (κ3) is 11.4. The lowest BCUT2D eigenvalue weighted by molar-refractivity contribution is 0.0684. The molecule has 0 saturated carbocycles. The summed E-state index contributed by atoms with van der Waals surface area (Å²) in [5.74, 6) is -3.52. The van der Waals surface area contributed by atoms with E-state index in [0.717, 1.165) is 23.3 Å². The van der Waals surface area contributed by atoms with Gasteiger partial charge < -0.3 is 30.4 Å². The zero-order valence-corrected chi connectivity index (χ0v) is 33.5. The molecule has 0 fully saturated rings. The largest absolute Gasteiger partial charge is 0.477 e. The van der Waals surface area contributed by atoms with Crippen LogP contribution >= 0.6 is 11.6 Å². The number of nitrogens with zero attached hydrogens (tertiary/aromatic N) is 2. The Labute approximate surface area is 334 Å². The van der Waals surface area contributed by atoms with Crippen LogP contribution in [0.5, 0.6) is 0 Å². The van der Waals surface area contributed by atoms with Gasteiger partial charge in [0, 0.05) is 49.3 Å². The maximum Gasteiger partial charge on any atom is 0.341 e. The Kier molecular flexibility index (Phi) is 14.9. The third-order valence-electron chi connectivity index (χ3n) is 8.76. The number of rotatable bonds is 10. The average Bonchev–Trinajstić information content (AvgIpc) is 3.14. The number of aromatic carboxylic acids is 2. The minimum Gasteiger partial charge on any atom is -0.477 e. The van der Waals surface area contributed by atoms with E-state index in [4.69, 9.17) is 22.4 Å². The number of aryl methyl sites for hydroxylation is 2. The van der Waals surface area contributed by atoms with E-state index in [1.54, 1.807) is 15.2 Å². The van der Waals surface area contributed by atoms with Crippen LogP contribution in [-0.4, -0.2) is 31.3 Å². The zero-order chi connectivity index (χ0) is 42.1. The molecule has 2 aromatic heterocycles. The fourth-order valence-electron chi connectivity index (χ4n) is 6.18. The number of aromatic nitrogens is 2. The van der Waals surface area contributed by atoms with Crippen molar-refractivity contribution in [3.8, 4) is 0 Å². The van der Waals surface area contributed by atoms with Gasteiger partial charge in [0.25, 0.3) is 0 Å². The number of benzene rings is 4. The summed E-state index contributed by atoms with van der Waals surface area (Å²) in [6.45, 7) is 14.0. The molecule has 0 spiro atoms. The van der Waals surface area contributed by atoms with Crippen molar-refractivity contribution < 1.29 is 28.6 Å². The summed E-state index contributed by atoms with van der Waals surface area (Å²) < 4.78 is 31.5. The van der Waals surface area contributed by atoms with Crippen LogP contribution in [0.1, 0.15) is 70.7 Å². The van der Waals surface area contributed by atoms with Gasteiger partial charge in [-0.05, 0) is 61.1 Å². The first-order valence-corrected chi connectivity index (χ1v) is 18.7. The molecule has 0 bridgehead atoms. The van der Waals surface area contributed by atoms with Crippen LogP contribution in [0.4, 0.5) is 14.5 Å². The molecule has 57 heavy (non-hydrogen) atoms. The highest BCUT2D eigenvalue weighted by atomic mass is 35.5. The summed E-state index contributed by atoms with van der Waals surface area (Å²) in [6, 6.07) is 21.2. The molecule has 6 rings (SSSR count). The molecule has 0 unspecified atom stereocenters. The summed E-state index contributed by atoms with van der Waals surface area (Å²) in [5.41, 5.74) is 9.13. The van der Waals surface area contributed by atoms with Gasteiger partial charge in [0.1, 0.15) is 22.8 Å². The highest BCUT2D eigenvalue weighted by Crippen LogP contribution is 2.25. The highest BCUT2D eigenvalue weighted by Gasteiger charge is 2.19. The summed E-state index contributed by atoms with van der Waals surface area (Å²) in [5, 5.41) is 21.5. The molecule has 4 aromatic carbocycles. The second-order valence-electron chi connectivity index (χ2n) is 14.6. The quantitative estimate of drug-likeness (QED) is 0.107. The Balaban J connectivity index is 0.000000215. The molecule has 5 N–H and O–H groups in total. The normalized spacial score (nSPS) is 10.9. The van der Waals surface area contributed by atoms with E-state index in [9.17, 15) is 33.1 Å². The molecule has 0 saturated heterocycles. The molecule has 10 nitrogen and oxygen atoms in total. The first-order valence-electron chi connectivity index (χ1n) is 18.3. The van der Waals surface area contributed by atoms with E-state index in [2.05, 4.69) is 24.4 Å². The minimum absolute atomic E-state index is 0.0208. The standard InChI is InChI=1S/C22H23FN2O3.C14H13ClFNO3.C8H11N/c1-13(2)11-25-12-17(22(27)28)21(26)16-8-18(23)19(9-20(16)25)24-10-15-6-4-5-14(3)7-15;1-7(2)5-17-6-9(14(19)20)13(18)8-3-11(16)10(15)4-12(8)17;1-7-3-2-4-8(5-7)6-9/h4-9,12-13,24H,10-11H2,1-3H3,(H,27,28);3-4,6-7H,5H2,1-2H3,(H,19,20);2-5H,6,9H2,1H3. The van der Waals surface area contributed by atoms with Gasteiger partial charge in [-0.25, -0.2) is 18.4 Å². The molecular weight excluding hydrogens is 754 g/mol. The highest BCUT2D eigenvalue weighted by molar-refractivity contribution is 6.31. The van der Waals surface area contributed by atoms with Crippen molar-refractivity contribution >= 4 is 51.0 Å². The molecule has 2 heterocycles. The molecule has 0 aliphatic carbocycles. The van der Waals surface area contributed by atoms with E-state index in [1.807, 2.05) is 71.0 Å². The maximum absolute atomic E-state index is 14.7. The Morgan fingerprint density at radius 1 is 0.719 bits per heavy atom. The van der Waals surface area contributed by atoms with Gasteiger partial charge in [-0.2, -0.15) is 0 Å². The van der Waals surface area contributed by atoms with Crippen molar-refractivity contribution in [1.82, 2.24) is 9.13 Å². The topological polar surface area (TPSA) is 157 Å².